The van der Waals surface area contributed by atoms with Gasteiger partial charge in [-0.3, -0.25) is 4.70 Å². The summed E-state index contributed by atoms with van der Waals surface area (Å²) in [7, 11) is -4.64. The van der Waals surface area contributed by atoms with Crippen molar-refractivity contribution in [2.45, 2.75) is 39.5 Å². The number of rotatable bonds is 6. The van der Waals surface area contributed by atoms with E-state index >= 15 is 0 Å². The molecule has 96 valence electrons. The summed E-state index contributed by atoms with van der Waals surface area (Å²) < 4.78 is 8.88. The highest BCUT2D eigenvalue weighted by Crippen LogP contribution is 2.25. The van der Waals surface area contributed by atoms with Crippen LogP contribution in [0.1, 0.15) is 39.5 Å². The van der Waals surface area contributed by atoms with Gasteiger partial charge in [-0.15, -0.1) is 0 Å². The van der Waals surface area contributed by atoms with Gasteiger partial charge in [-0.05, 0) is 25.9 Å². The van der Waals surface area contributed by atoms with Crippen LogP contribution < -0.4 is 5.32 Å². The van der Waals surface area contributed by atoms with Gasteiger partial charge in [0.25, 0.3) is 0 Å². The van der Waals surface area contributed by atoms with Gasteiger partial charge in [0.15, 0.2) is 0 Å². The number of halogens is 1. The Hall–Kier alpha value is -0.0000000000000000694. The third-order valence-corrected chi connectivity index (χ3v) is 1.41. The number of unbranched alkanes of at least 4 members (excludes halogenated alkanes) is 2. The lowest BCUT2D eigenvalue weighted by Crippen LogP contribution is -2.15. The molecule has 0 bridgehead atoms. The molecule has 4 N–H and O–H groups in total. The predicted octanol–water partition coefficient (Wildman–Crippen LogP) is 1.40. The van der Waals surface area contributed by atoms with E-state index < -0.39 is 7.82 Å². The fourth-order valence-electron chi connectivity index (χ4n) is 0.729. The molecule has 0 unspecified atom stereocenters. The van der Waals surface area contributed by atoms with E-state index in [4.69, 9.17) is 19.2 Å². The molecular weight excluding hydrogens is 224 g/mol. The maximum Gasteiger partial charge on any atom is 0.466 e. The van der Waals surface area contributed by atoms with Crippen LogP contribution in [0, 0.1) is 0 Å². The lowest BCUT2D eigenvalue weighted by molar-refractivity contribution is 0.275. The molecule has 0 aliphatic rings. The molecule has 0 aromatic carbocycles. The van der Waals surface area contributed by atoms with Gasteiger partial charge in [0.2, 0.25) is 0 Å². The highest BCUT2D eigenvalue weighted by atomic mass is 31.2. The third kappa shape index (κ3) is 56.0. The van der Waals surface area contributed by atoms with E-state index in [1.54, 1.807) is 0 Å². The fourth-order valence-corrected chi connectivity index (χ4v) is 0.729. The predicted molar refractivity (Wildman–Crippen MR) is 59.5 cm³/mol. The first-order valence-corrected chi connectivity index (χ1v) is 6.47. The van der Waals surface area contributed by atoms with Crippen molar-refractivity contribution in [3.05, 3.63) is 0 Å². The summed E-state index contributed by atoms with van der Waals surface area (Å²) in [5.41, 5.74) is 0. The summed E-state index contributed by atoms with van der Waals surface area (Å²) in [4.78, 5) is 21.6. The topological polar surface area (TPSA) is 89.8 Å². The molecule has 0 spiro atoms. The molecule has 0 radical (unpaired) electrons. The van der Waals surface area contributed by atoms with Gasteiger partial charge in [0, 0.05) is 0 Å². The molecule has 7 heteroatoms. The van der Waals surface area contributed by atoms with Crippen molar-refractivity contribution < 1.29 is 23.9 Å². The molecule has 0 aliphatic heterocycles. The lowest BCUT2D eigenvalue weighted by atomic mass is 10.3. The summed E-state index contributed by atoms with van der Waals surface area (Å²) in [6.45, 7) is 6.86. The highest BCUT2D eigenvalue weighted by molar-refractivity contribution is 7.45. The number of phosphoric acid groups is 1. The van der Waals surface area contributed by atoms with E-state index in [9.17, 15) is 0 Å². The molecule has 0 heterocycles. The molecule has 0 rings (SSSR count). The van der Waals surface area contributed by atoms with E-state index in [1.807, 2.05) is 0 Å². The first kappa shape index (κ1) is 20.4. The van der Waals surface area contributed by atoms with E-state index in [0.29, 0.717) is 0 Å². The second-order valence-corrected chi connectivity index (χ2v) is 4.00. The number of nitrogens with one attached hydrogen (secondary N) is 1. The van der Waals surface area contributed by atoms with Gasteiger partial charge >= 0.3 is 7.82 Å². The fraction of sp³-hybridized carbons (Fsp3) is 1.00. The third-order valence-electron chi connectivity index (χ3n) is 1.41. The van der Waals surface area contributed by atoms with Crippen LogP contribution in [0.3, 0.4) is 0 Å². The quantitative estimate of drug-likeness (QED) is 0.421. The molecule has 0 saturated heterocycles. The van der Waals surface area contributed by atoms with Crippen LogP contribution in [0.15, 0.2) is 0 Å². The van der Waals surface area contributed by atoms with Gasteiger partial charge in [-0.1, -0.05) is 26.7 Å². The Labute approximate surface area is 90.5 Å². The minimum atomic E-state index is -4.64. The maximum atomic E-state index is 8.88. The Bertz CT molecular complexity index is 139. The van der Waals surface area contributed by atoms with Gasteiger partial charge in [-0.25, -0.2) is 4.57 Å². The minimum absolute atomic E-state index is 0. The smallest absolute Gasteiger partial charge is 0.317 e. The Morgan fingerprint density at radius 2 is 1.27 bits per heavy atom. The Balaban J connectivity index is -0.000000208. The van der Waals surface area contributed by atoms with Crippen molar-refractivity contribution in [3.8, 4) is 0 Å². The van der Waals surface area contributed by atoms with E-state index in [1.165, 1.54) is 38.8 Å². The first-order chi connectivity index (χ1) is 6.41. The zero-order valence-electron chi connectivity index (χ0n) is 9.35. The maximum absolute atomic E-state index is 8.88. The van der Waals surface area contributed by atoms with Crippen LogP contribution in [0.2, 0.25) is 0 Å². The van der Waals surface area contributed by atoms with Crippen molar-refractivity contribution in [2.24, 2.45) is 0 Å². The van der Waals surface area contributed by atoms with Crippen molar-refractivity contribution in [2.75, 3.05) is 13.1 Å². The summed E-state index contributed by atoms with van der Waals surface area (Å²) >= 11 is 0. The summed E-state index contributed by atoms with van der Waals surface area (Å²) in [5.74, 6) is 0. The van der Waals surface area contributed by atoms with Gasteiger partial charge in [0.05, 0.1) is 0 Å². The van der Waals surface area contributed by atoms with Crippen molar-refractivity contribution in [1.29, 1.82) is 0 Å². The molecule has 0 amide bonds. The van der Waals surface area contributed by atoms with Gasteiger partial charge in [-0.2, -0.15) is 0 Å². The van der Waals surface area contributed by atoms with Crippen LogP contribution in [-0.2, 0) is 4.57 Å². The molecular formula is C8H23FNO4P. The average Bonchev–Trinajstić information content (AvgIpc) is 2.01. The molecule has 0 aromatic heterocycles. The van der Waals surface area contributed by atoms with Gasteiger partial charge in [0.1, 0.15) is 0 Å². The largest absolute Gasteiger partial charge is 0.466 e. The monoisotopic (exact) mass is 247 g/mol. The summed E-state index contributed by atoms with van der Waals surface area (Å²) in [6.07, 6.45) is 5.26. The number of hydrogen-bond donors (Lipinski definition) is 4. The van der Waals surface area contributed by atoms with Crippen molar-refractivity contribution >= 4 is 7.82 Å². The molecule has 15 heavy (non-hydrogen) atoms. The molecule has 0 fully saturated rings. The average molecular weight is 247 g/mol. The van der Waals surface area contributed by atoms with Crippen LogP contribution in [-0.4, -0.2) is 27.8 Å². The number of hydrogen-bond acceptors (Lipinski definition) is 2. The molecule has 5 nitrogen and oxygen atoms in total. The minimum Gasteiger partial charge on any atom is -0.317 e. The zero-order valence-corrected chi connectivity index (χ0v) is 10.2. The standard InChI is InChI=1S/C8H19N.FH.H3O4P/c1-3-5-7-9-8-6-4-2;;1-5(2,3)4/h9H,3-8H2,1-2H3;1H;(H3,1,2,3,4). The molecule has 0 aromatic rings. The highest BCUT2D eigenvalue weighted by Gasteiger charge is 2.00. The second-order valence-electron chi connectivity index (χ2n) is 2.97. The van der Waals surface area contributed by atoms with E-state index in [0.717, 1.165) is 0 Å². The molecule has 0 atom stereocenters. The van der Waals surface area contributed by atoms with E-state index in [2.05, 4.69) is 19.2 Å². The van der Waals surface area contributed by atoms with Crippen molar-refractivity contribution in [1.82, 2.24) is 5.32 Å². The van der Waals surface area contributed by atoms with Crippen LogP contribution in [0.25, 0.3) is 0 Å². The molecule has 0 aliphatic carbocycles. The van der Waals surface area contributed by atoms with Crippen LogP contribution in [0.5, 0.6) is 0 Å². The summed E-state index contributed by atoms with van der Waals surface area (Å²) in [6, 6.07) is 0. The SMILES string of the molecule is CCCCNCCCC.F.O=P(O)(O)O. The van der Waals surface area contributed by atoms with Gasteiger partial charge < -0.3 is 20.0 Å². The zero-order chi connectivity index (χ0) is 11.4. The van der Waals surface area contributed by atoms with Crippen molar-refractivity contribution in [3.63, 3.8) is 0 Å². The Kier molecular flexibility index (Phi) is 19.1. The first-order valence-electron chi connectivity index (χ1n) is 4.90. The van der Waals surface area contributed by atoms with E-state index in [-0.39, 0.29) is 4.70 Å². The molecule has 0 saturated carbocycles. The Morgan fingerprint density at radius 1 is 1.00 bits per heavy atom. The van der Waals surface area contributed by atoms with Crippen LogP contribution >= 0.6 is 7.82 Å². The second kappa shape index (κ2) is 14.0. The van der Waals surface area contributed by atoms with Crippen LogP contribution in [0.4, 0.5) is 4.70 Å². The summed E-state index contributed by atoms with van der Waals surface area (Å²) in [5, 5.41) is 3.39. The normalized spacial score (nSPS) is 9.93. The lowest BCUT2D eigenvalue weighted by Gasteiger charge is -1.99. The Morgan fingerprint density at radius 3 is 1.47 bits per heavy atom.